The summed E-state index contributed by atoms with van der Waals surface area (Å²) in [7, 11) is 0. The van der Waals surface area contributed by atoms with Crippen LogP contribution in [0.1, 0.15) is 44.2 Å². The SMILES string of the molecule is CC1CCCC(C(NN)c2ccncc2)C1. The molecule has 1 aliphatic carbocycles. The van der Waals surface area contributed by atoms with Crippen LogP contribution in [-0.4, -0.2) is 4.98 Å². The summed E-state index contributed by atoms with van der Waals surface area (Å²) in [6, 6.07) is 4.40. The Bertz CT molecular complexity index is 312. The molecule has 16 heavy (non-hydrogen) atoms. The number of hydrogen-bond acceptors (Lipinski definition) is 3. The summed E-state index contributed by atoms with van der Waals surface area (Å²) >= 11 is 0. The van der Waals surface area contributed by atoms with Gasteiger partial charge in [-0.15, -0.1) is 0 Å². The molecule has 0 amide bonds. The van der Waals surface area contributed by atoms with Gasteiger partial charge in [0.15, 0.2) is 0 Å². The van der Waals surface area contributed by atoms with E-state index in [1.54, 1.807) is 0 Å². The van der Waals surface area contributed by atoms with E-state index in [1.165, 1.54) is 31.2 Å². The lowest BCUT2D eigenvalue weighted by Crippen LogP contribution is -2.35. The van der Waals surface area contributed by atoms with Crippen molar-refractivity contribution >= 4 is 0 Å². The van der Waals surface area contributed by atoms with E-state index in [4.69, 9.17) is 5.84 Å². The lowest BCUT2D eigenvalue weighted by molar-refractivity contribution is 0.224. The molecule has 1 heterocycles. The first kappa shape index (κ1) is 11.6. The van der Waals surface area contributed by atoms with Crippen LogP contribution in [-0.2, 0) is 0 Å². The van der Waals surface area contributed by atoms with Crippen molar-refractivity contribution in [2.45, 2.75) is 38.6 Å². The van der Waals surface area contributed by atoms with E-state index in [1.807, 2.05) is 12.4 Å². The lowest BCUT2D eigenvalue weighted by Gasteiger charge is -2.33. The molecule has 1 aromatic rings. The Morgan fingerprint density at radius 1 is 1.38 bits per heavy atom. The van der Waals surface area contributed by atoms with Crippen molar-refractivity contribution in [3.63, 3.8) is 0 Å². The Morgan fingerprint density at radius 2 is 2.12 bits per heavy atom. The third-order valence-corrected chi connectivity index (χ3v) is 3.69. The second-order valence-electron chi connectivity index (χ2n) is 4.96. The second-order valence-corrected chi connectivity index (χ2v) is 4.96. The predicted octanol–water partition coefficient (Wildman–Crippen LogP) is 2.41. The number of rotatable bonds is 3. The third-order valence-electron chi connectivity index (χ3n) is 3.69. The molecule has 0 bridgehead atoms. The molecule has 3 nitrogen and oxygen atoms in total. The minimum absolute atomic E-state index is 0.283. The maximum Gasteiger partial charge on any atom is 0.0489 e. The van der Waals surface area contributed by atoms with Crippen molar-refractivity contribution in [2.75, 3.05) is 0 Å². The fourth-order valence-electron chi connectivity index (χ4n) is 2.86. The van der Waals surface area contributed by atoms with Crippen molar-refractivity contribution in [1.82, 2.24) is 10.4 Å². The Kier molecular flexibility index (Phi) is 3.91. The summed E-state index contributed by atoms with van der Waals surface area (Å²) in [5.74, 6) is 7.20. The molecule has 2 rings (SSSR count). The predicted molar refractivity (Wildman–Crippen MR) is 65.4 cm³/mol. The molecule has 3 heteroatoms. The molecule has 0 saturated heterocycles. The van der Waals surface area contributed by atoms with Crippen LogP contribution in [0, 0.1) is 11.8 Å². The van der Waals surface area contributed by atoms with Crippen LogP contribution in [0.5, 0.6) is 0 Å². The van der Waals surface area contributed by atoms with Gasteiger partial charge in [0.05, 0.1) is 0 Å². The molecule has 3 unspecified atom stereocenters. The zero-order valence-corrected chi connectivity index (χ0v) is 9.89. The Morgan fingerprint density at radius 3 is 2.75 bits per heavy atom. The minimum atomic E-state index is 0.283. The molecule has 1 aliphatic rings. The summed E-state index contributed by atoms with van der Waals surface area (Å²) in [6.45, 7) is 2.34. The molecule has 88 valence electrons. The molecule has 0 aromatic carbocycles. The van der Waals surface area contributed by atoms with Gasteiger partial charge in [0, 0.05) is 18.4 Å². The smallest absolute Gasteiger partial charge is 0.0489 e. The first-order valence-corrected chi connectivity index (χ1v) is 6.17. The van der Waals surface area contributed by atoms with E-state index >= 15 is 0 Å². The molecule has 1 fully saturated rings. The topological polar surface area (TPSA) is 50.9 Å². The van der Waals surface area contributed by atoms with Gasteiger partial charge in [-0.05, 0) is 42.4 Å². The maximum atomic E-state index is 5.71. The van der Waals surface area contributed by atoms with E-state index in [-0.39, 0.29) is 6.04 Å². The van der Waals surface area contributed by atoms with Crippen molar-refractivity contribution in [2.24, 2.45) is 17.7 Å². The van der Waals surface area contributed by atoms with Crippen molar-refractivity contribution in [3.05, 3.63) is 30.1 Å². The minimum Gasteiger partial charge on any atom is -0.271 e. The van der Waals surface area contributed by atoms with Gasteiger partial charge in [-0.3, -0.25) is 16.3 Å². The highest BCUT2D eigenvalue weighted by molar-refractivity contribution is 5.16. The average Bonchev–Trinajstić information content (AvgIpc) is 2.31. The fraction of sp³-hybridized carbons (Fsp3) is 0.615. The van der Waals surface area contributed by atoms with Crippen LogP contribution in [0.2, 0.25) is 0 Å². The second kappa shape index (κ2) is 5.41. The van der Waals surface area contributed by atoms with Gasteiger partial charge in [-0.25, -0.2) is 0 Å². The molecule has 0 radical (unpaired) electrons. The van der Waals surface area contributed by atoms with Gasteiger partial charge < -0.3 is 0 Å². The number of aromatic nitrogens is 1. The van der Waals surface area contributed by atoms with Crippen LogP contribution < -0.4 is 11.3 Å². The first-order valence-electron chi connectivity index (χ1n) is 6.17. The van der Waals surface area contributed by atoms with E-state index in [9.17, 15) is 0 Å². The number of hydrogen-bond donors (Lipinski definition) is 2. The van der Waals surface area contributed by atoms with E-state index in [0.717, 1.165) is 5.92 Å². The van der Waals surface area contributed by atoms with Crippen LogP contribution in [0.15, 0.2) is 24.5 Å². The number of nitrogens with two attached hydrogens (primary N) is 1. The fourth-order valence-corrected chi connectivity index (χ4v) is 2.86. The number of hydrazine groups is 1. The Balaban J connectivity index is 2.10. The molecule has 0 aliphatic heterocycles. The summed E-state index contributed by atoms with van der Waals surface area (Å²) < 4.78 is 0. The normalized spacial score (nSPS) is 27.6. The summed E-state index contributed by atoms with van der Waals surface area (Å²) in [5.41, 5.74) is 4.24. The monoisotopic (exact) mass is 219 g/mol. The zero-order chi connectivity index (χ0) is 11.4. The highest BCUT2D eigenvalue weighted by atomic mass is 15.2. The number of nitrogens with one attached hydrogen (secondary N) is 1. The van der Waals surface area contributed by atoms with E-state index in [0.29, 0.717) is 5.92 Å². The first-order chi connectivity index (χ1) is 7.81. The highest BCUT2D eigenvalue weighted by Gasteiger charge is 2.26. The van der Waals surface area contributed by atoms with Crippen LogP contribution in [0.4, 0.5) is 0 Å². The molecule has 1 aromatic heterocycles. The van der Waals surface area contributed by atoms with E-state index in [2.05, 4.69) is 29.5 Å². The number of pyridine rings is 1. The summed E-state index contributed by atoms with van der Waals surface area (Å²) in [6.07, 6.45) is 8.93. The van der Waals surface area contributed by atoms with Crippen LogP contribution >= 0.6 is 0 Å². The van der Waals surface area contributed by atoms with Crippen molar-refractivity contribution in [3.8, 4) is 0 Å². The van der Waals surface area contributed by atoms with Gasteiger partial charge in [0.25, 0.3) is 0 Å². The Labute approximate surface area is 97.4 Å². The van der Waals surface area contributed by atoms with Gasteiger partial charge in [-0.2, -0.15) is 0 Å². The van der Waals surface area contributed by atoms with Gasteiger partial charge in [0.1, 0.15) is 0 Å². The maximum absolute atomic E-state index is 5.71. The molecule has 0 spiro atoms. The average molecular weight is 219 g/mol. The molecular weight excluding hydrogens is 198 g/mol. The molecule has 3 N–H and O–H groups in total. The zero-order valence-electron chi connectivity index (χ0n) is 9.89. The molecule has 1 saturated carbocycles. The molecular formula is C13H21N3. The van der Waals surface area contributed by atoms with Crippen LogP contribution in [0.25, 0.3) is 0 Å². The number of nitrogens with zero attached hydrogens (tertiary/aromatic N) is 1. The van der Waals surface area contributed by atoms with Crippen molar-refractivity contribution in [1.29, 1.82) is 0 Å². The van der Waals surface area contributed by atoms with Crippen molar-refractivity contribution < 1.29 is 0 Å². The van der Waals surface area contributed by atoms with E-state index < -0.39 is 0 Å². The molecule has 3 atom stereocenters. The largest absolute Gasteiger partial charge is 0.271 e. The standard InChI is InChI=1S/C13H21N3/c1-10-3-2-4-12(9-10)13(16-14)11-5-7-15-8-6-11/h5-8,10,12-13,16H,2-4,9,14H2,1H3. The van der Waals surface area contributed by atoms with Crippen LogP contribution in [0.3, 0.4) is 0 Å². The lowest BCUT2D eigenvalue weighted by atomic mass is 9.77. The highest BCUT2D eigenvalue weighted by Crippen LogP contribution is 2.36. The summed E-state index contributed by atoms with van der Waals surface area (Å²) in [5, 5.41) is 0. The van der Waals surface area contributed by atoms with Gasteiger partial charge in [0.2, 0.25) is 0 Å². The quantitative estimate of drug-likeness (QED) is 0.606. The van der Waals surface area contributed by atoms with Gasteiger partial charge in [-0.1, -0.05) is 19.8 Å². The summed E-state index contributed by atoms with van der Waals surface area (Å²) in [4.78, 5) is 4.05. The third kappa shape index (κ3) is 2.60. The Hall–Kier alpha value is -0.930. The van der Waals surface area contributed by atoms with Gasteiger partial charge >= 0.3 is 0 Å².